The topological polar surface area (TPSA) is 69.4 Å². The summed E-state index contributed by atoms with van der Waals surface area (Å²) in [6.45, 7) is 2.51. The van der Waals surface area contributed by atoms with E-state index in [9.17, 15) is 14.9 Å². The Kier molecular flexibility index (Phi) is 5.03. The van der Waals surface area contributed by atoms with Gasteiger partial charge < -0.3 is 4.74 Å². The number of hydrogen-bond donors (Lipinski definition) is 0. The van der Waals surface area contributed by atoms with Crippen LogP contribution < -0.4 is 4.74 Å². The predicted octanol–water partition coefficient (Wildman–Crippen LogP) is 3.89. The van der Waals surface area contributed by atoms with E-state index < -0.39 is 4.92 Å². The minimum Gasteiger partial charge on any atom is -0.494 e. The molecule has 112 valence electrons. The highest BCUT2D eigenvalue weighted by Crippen LogP contribution is 2.16. The molecule has 0 aliphatic rings. The fourth-order valence-electron chi connectivity index (χ4n) is 1.88. The van der Waals surface area contributed by atoms with Crippen LogP contribution in [0.2, 0.25) is 0 Å². The second kappa shape index (κ2) is 7.17. The third-order valence-electron chi connectivity index (χ3n) is 2.96. The summed E-state index contributed by atoms with van der Waals surface area (Å²) in [6.07, 6.45) is 3.06. The third kappa shape index (κ3) is 4.02. The van der Waals surface area contributed by atoms with E-state index in [1.165, 1.54) is 24.3 Å². The Balaban J connectivity index is 2.10. The van der Waals surface area contributed by atoms with Gasteiger partial charge in [0.2, 0.25) is 0 Å². The van der Waals surface area contributed by atoms with E-state index in [1.54, 1.807) is 12.1 Å². The summed E-state index contributed by atoms with van der Waals surface area (Å²) >= 11 is 0. The molecule has 2 rings (SSSR count). The highest BCUT2D eigenvalue weighted by Gasteiger charge is 2.09. The Morgan fingerprint density at radius 3 is 2.59 bits per heavy atom. The molecule has 2 aromatic rings. The molecule has 0 unspecified atom stereocenters. The lowest BCUT2D eigenvalue weighted by molar-refractivity contribution is -0.384. The Labute approximate surface area is 128 Å². The molecule has 0 spiro atoms. The molecule has 0 aromatic heterocycles. The van der Waals surface area contributed by atoms with Crippen molar-refractivity contribution in [3.63, 3.8) is 0 Å². The molecule has 5 heteroatoms. The molecule has 0 amide bonds. The number of ketones is 1. The number of ether oxygens (including phenoxy) is 1. The zero-order chi connectivity index (χ0) is 15.9. The molecule has 0 N–H and O–H groups in total. The van der Waals surface area contributed by atoms with Crippen molar-refractivity contribution in [3.05, 3.63) is 75.8 Å². The summed E-state index contributed by atoms with van der Waals surface area (Å²) in [6, 6.07) is 13.0. The van der Waals surface area contributed by atoms with Gasteiger partial charge in [0.15, 0.2) is 5.78 Å². The van der Waals surface area contributed by atoms with Crippen LogP contribution in [0.5, 0.6) is 5.75 Å². The van der Waals surface area contributed by atoms with Crippen LogP contribution in [0.15, 0.2) is 54.6 Å². The number of benzene rings is 2. The van der Waals surface area contributed by atoms with E-state index in [0.29, 0.717) is 6.61 Å². The van der Waals surface area contributed by atoms with E-state index in [2.05, 4.69) is 0 Å². The minimum atomic E-state index is -0.521. The van der Waals surface area contributed by atoms with Crippen LogP contribution in [0.3, 0.4) is 0 Å². The Morgan fingerprint density at radius 1 is 1.23 bits per heavy atom. The molecule has 5 nitrogen and oxygen atoms in total. The van der Waals surface area contributed by atoms with Gasteiger partial charge >= 0.3 is 0 Å². The van der Waals surface area contributed by atoms with Crippen LogP contribution >= 0.6 is 0 Å². The van der Waals surface area contributed by atoms with Gasteiger partial charge in [-0.05, 0) is 30.7 Å². The summed E-state index contributed by atoms with van der Waals surface area (Å²) in [5.41, 5.74) is 1.04. The smallest absolute Gasteiger partial charge is 0.270 e. The predicted molar refractivity (Wildman–Crippen MR) is 84.1 cm³/mol. The number of nitro benzene ring substituents is 1. The van der Waals surface area contributed by atoms with Gasteiger partial charge in [-0.25, -0.2) is 0 Å². The van der Waals surface area contributed by atoms with Crippen LogP contribution in [0.1, 0.15) is 22.8 Å². The van der Waals surface area contributed by atoms with Crippen molar-refractivity contribution >= 4 is 17.5 Å². The van der Waals surface area contributed by atoms with Crippen molar-refractivity contribution in [3.8, 4) is 5.75 Å². The van der Waals surface area contributed by atoms with E-state index >= 15 is 0 Å². The Morgan fingerprint density at radius 2 is 1.95 bits per heavy atom. The van der Waals surface area contributed by atoms with Crippen molar-refractivity contribution in [2.24, 2.45) is 0 Å². The number of non-ortho nitro benzene ring substituents is 1. The van der Waals surface area contributed by atoms with Crippen LogP contribution in [-0.4, -0.2) is 17.3 Å². The van der Waals surface area contributed by atoms with Crippen LogP contribution in [0.4, 0.5) is 5.69 Å². The Hall–Kier alpha value is -2.95. The molecule has 2 aromatic carbocycles. The summed E-state index contributed by atoms with van der Waals surface area (Å²) in [5.74, 6) is 0.488. The van der Waals surface area contributed by atoms with E-state index in [0.717, 1.165) is 11.3 Å². The largest absolute Gasteiger partial charge is 0.494 e. The molecule has 22 heavy (non-hydrogen) atoms. The molecule has 0 radical (unpaired) electrons. The van der Waals surface area contributed by atoms with Crippen molar-refractivity contribution < 1.29 is 14.5 Å². The highest BCUT2D eigenvalue weighted by molar-refractivity contribution is 6.07. The lowest BCUT2D eigenvalue weighted by Gasteiger charge is -2.02. The molecule has 0 saturated heterocycles. The number of allylic oxidation sites excluding steroid dienone is 1. The second-order valence-corrected chi connectivity index (χ2v) is 4.51. The van der Waals surface area contributed by atoms with Crippen molar-refractivity contribution in [1.29, 1.82) is 0 Å². The first-order chi connectivity index (χ1) is 10.6. The SMILES string of the molecule is CCOc1ccc(/C=C/C(=O)c2cccc([N+](=O)[O-])c2)cc1. The van der Waals surface area contributed by atoms with Gasteiger partial charge in [-0.1, -0.05) is 30.3 Å². The molecule has 0 aliphatic heterocycles. The van der Waals surface area contributed by atoms with Crippen LogP contribution in [0, 0.1) is 10.1 Å². The molecule has 0 saturated carbocycles. The third-order valence-corrected chi connectivity index (χ3v) is 2.96. The summed E-state index contributed by atoms with van der Waals surface area (Å²) < 4.78 is 5.34. The maximum absolute atomic E-state index is 12.0. The number of carbonyl (C=O) groups excluding carboxylic acids is 1. The molecular weight excluding hydrogens is 282 g/mol. The van der Waals surface area contributed by atoms with E-state index in [1.807, 2.05) is 31.2 Å². The lowest BCUT2D eigenvalue weighted by Crippen LogP contribution is -1.96. The van der Waals surface area contributed by atoms with Crippen LogP contribution in [0.25, 0.3) is 6.08 Å². The first-order valence-corrected chi connectivity index (χ1v) is 6.80. The first kappa shape index (κ1) is 15.4. The molecule has 0 aliphatic carbocycles. The van der Waals surface area contributed by atoms with Gasteiger partial charge in [0, 0.05) is 17.7 Å². The molecule has 0 atom stereocenters. The number of carbonyl (C=O) groups is 1. The van der Waals surface area contributed by atoms with Gasteiger partial charge in [0.25, 0.3) is 5.69 Å². The standard InChI is InChI=1S/C17H15NO4/c1-2-22-16-9-6-13(7-10-16)8-11-17(19)14-4-3-5-15(12-14)18(20)21/h3-12H,2H2,1H3/b11-8+. The number of nitro groups is 1. The average molecular weight is 297 g/mol. The van der Waals surface area contributed by atoms with E-state index in [4.69, 9.17) is 4.74 Å². The Bertz CT molecular complexity index is 705. The van der Waals surface area contributed by atoms with Crippen molar-refractivity contribution in [2.75, 3.05) is 6.61 Å². The van der Waals surface area contributed by atoms with Gasteiger partial charge in [-0.15, -0.1) is 0 Å². The zero-order valence-electron chi connectivity index (χ0n) is 12.1. The fraction of sp³-hybridized carbons (Fsp3) is 0.118. The zero-order valence-corrected chi connectivity index (χ0v) is 12.1. The average Bonchev–Trinajstić information content (AvgIpc) is 2.54. The summed E-state index contributed by atoms with van der Waals surface area (Å²) in [7, 11) is 0. The second-order valence-electron chi connectivity index (χ2n) is 4.51. The minimum absolute atomic E-state index is 0.0969. The highest BCUT2D eigenvalue weighted by atomic mass is 16.6. The van der Waals surface area contributed by atoms with Gasteiger partial charge in [0.1, 0.15) is 5.75 Å². The normalized spacial score (nSPS) is 10.6. The van der Waals surface area contributed by atoms with Gasteiger partial charge in [-0.3, -0.25) is 14.9 Å². The lowest BCUT2D eigenvalue weighted by atomic mass is 10.1. The van der Waals surface area contributed by atoms with Crippen molar-refractivity contribution in [2.45, 2.75) is 6.92 Å². The van der Waals surface area contributed by atoms with Gasteiger partial charge in [-0.2, -0.15) is 0 Å². The van der Waals surface area contributed by atoms with E-state index in [-0.39, 0.29) is 17.0 Å². The molecule has 0 heterocycles. The quantitative estimate of drug-likeness (QED) is 0.351. The first-order valence-electron chi connectivity index (χ1n) is 6.80. The molecule has 0 fully saturated rings. The van der Waals surface area contributed by atoms with Crippen LogP contribution in [-0.2, 0) is 0 Å². The molecular formula is C17H15NO4. The summed E-state index contributed by atoms with van der Waals surface area (Å²) in [4.78, 5) is 22.2. The van der Waals surface area contributed by atoms with Crippen molar-refractivity contribution in [1.82, 2.24) is 0 Å². The number of nitrogens with zero attached hydrogens (tertiary/aromatic N) is 1. The van der Waals surface area contributed by atoms with Gasteiger partial charge in [0.05, 0.1) is 11.5 Å². The number of rotatable bonds is 6. The maximum Gasteiger partial charge on any atom is 0.270 e. The number of hydrogen-bond acceptors (Lipinski definition) is 4. The molecule has 0 bridgehead atoms. The summed E-state index contributed by atoms with van der Waals surface area (Å²) in [5, 5.41) is 10.7. The monoisotopic (exact) mass is 297 g/mol. The maximum atomic E-state index is 12.0. The fourth-order valence-corrected chi connectivity index (χ4v) is 1.88.